The second-order valence-corrected chi connectivity index (χ2v) is 6.71. The van der Waals surface area contributed by atoms with Crippen LogP contribution in [0.5, 0.6) is 0 Å². The molecule has 0 radical (unpaired) electrons. The second kappa shape index (κ2) is 6.74. The van der Waals surface area contributed by atoms with E-state index in [1.165, 1.54) is 23.2 Å². The molecule has 1 fully saturated rings. The van der Waals surface area contributed by atoms with Crippen molar-refractivity contribution in [1.29, 1.82) is 0 Å². The Bertz CT molecular complexity index is 814. The normalized spacial score (nSPS) is 20.6. The van der Waals surface area contributed by atoms with Crippen LogP contribution in [0, 0.1) is 5.92 Å². The maximum Gasteiger partial charge on any atom is 0.354 e. The van der Waals surface area contributed by atoms with Gasteiger partial charge in [0.05, 0.1) is 23.0 Å². The number of rotatable bonds is 5. The van der Waals surface area contributed by atoms with E-state index in [0.717, 1.165) is 19.3 Å². The van der Waals surface area contributed by atoms with Crippen LogP contribution in [0.2, 0.25) is 0 Å². The first-order valence-corrected chi connectivity index (χ1v) is 8.76. The molecular weight excluding hydrogens is 320 g/mol. The van der Waals surface area contributed by atoms with Crippen LogP contribution in [-0.2, 0) is 0 Å². The lowest BCUT2D eigenvalue weighted by atomic mass is 9.84. The summed E-state index contributed by atoms with van der Waals surface area (Å²) in [6.45, 7) is 4.99. The zero-order chi connectivity index (χ0) is 18.1. The minimum absolute atomic E-state index is 0.0695. The molecule has 2 atom stereocenters. The molecule has 2 aromatic rings. The van der Waals surface area contributed by atoms with E-state index in [4.69, 9.17) is 5.73 Å². The number of carbonyl (C=O) groups is 2. The Labute approximate surface area is 146 Å². The molecule has 0 aliphatic heterocycles. The Morgan fingerprint density at radius 1 is 1.36 bits per heavy atom. The number of aromatic nitrogens is 2. The van der Waals surface area contributed by atoms with Gasteiger partial charge in [0.25, 0.3) is 5.91 Å². The molecule has 1 saturated carbocycles. The molecule has 1 aliphatic rings. The van der Waals surface area contributed by atoms with Gasteiger partial charge in [-0.1, -0.05) is 19.8 Å². The first-order chi connectivity index (χ1) is 12.0. The Kier molecular flexibility index (Phi) is 4.65. The van der Waals surface area contributed by atoms with Crippen molar-refractivity contribution >= 4 is 23.1 Å². The van der Waals surface area contributed by atoms with E-state index in [-0.39, 0.29) is 5.69 Å². The molecule has 3 N–H and O–H groups in total. The number of anilines is 1. The molecule has 7 nitrogen and oxygen atoms in total. The molecule has 2 unspecified atom stereocenters. The van der Waals surface area contributed by atoms with Gasteiger partial charge in [0.15, 0.2) is 5.69 Å². The molecular formula is C18H24N4O3. The van der Waals surface area contributed by atoms with Crippen molar-refractivity contribution in [1.82, 2.24) is 9.61 Å². The van der Waals surface area contributed by atoms with Crippen molar-refractivity contribution in [3.05, 3.63) is 29.6 Å². The smallest absolute Gasteiger partial charge is 0.354 e. The van der Waals surface area contributed by atoms with E-state index in [1.54, 1.807) is 6.07 Å². The predicted octanol–water partition coefficient (Wildman–Crippen LogP) is 2.54. The fourth-order valence-corrected chi connectivity index (χ4v) is 4.01. The fraction of sp³-hybridized carbons (Fsp3) is 0.500. The highest BCUT2D eigenvalue weighted by atomic mass is 16.4. The lowest BCUT2D eigenvalue weighted by Crippen LogP contribution is -2.43. The van der Waals surface area contributed by atoms with Crippen LogP contribution < -0.4 is 10.6 Å². The SMILES string of the molecule is CCN(c1c(C(N)=O)cnn2c(C(=O)O)ccc12)C1CCCCC1C. The van der Waals surface area contributed by atoms with Gasteiger partial charge >= 0.3 is 5.97 Å². The molecule has 0 saturated heterocycles. The number of carbonyl (C=O) groups excluding carboxylic acids is 1. The number of amides is 1. The van der Waals surface area contributed by atoms with Gasteiger partial charge in [-0.25, -0.2) is 9.31 Å². The first-order valence-electron chi connectivity index (χ1n) is 8.76. The van der Waals surface area contributed by atoms with E-state index in [9.17, 15) is 14.7 Å². The van der Waals surface area contributed by atoms with Gasteiger partial charge in [0.1, 0.15) is 0 Å². The number of nitrogens with two attached hydrogens (primary N) is 1. The number of hydrogen-bond donors (Lipinski definition) is 2. The highest BCUT2D eigenvalue weighted by Crippen LogP contribution is 2.35. The van der Waals surface area contributed by atoms with E-state index in [2.05, 4.69) is 16.9 Å². The highest BCUT2D eigenvalue weighted by molar-refractivity contribution is 6.03. The minimum Gasteiger partial charge on any atom is -0.477 e. The van der Waals surface area contributed by atoms with Crippen LogP contribution in [0.1, 0.15) is 60.4 Å². The van der Waals surface area contributed by atoms with Crippen LogP contribution in [-0.4, -0.2) is 39.2 Å². The zero-order valence-electron chi connectivity index (χ0n) is 14.6. The highest BCUT2D eigenvalue weighted by Gasteiger charge is 2.30. The summed E-state index contributed by atoms with van der Waals surface area (Å²) in [7, 11) is 0. The summed E-state index contributed by atoms with van der Waals surface area (Å²) in [4.78, 5) is 25.7. The number of aromatic carboxylic acids is 1. The molecule has 134 valence electrons. The van der Waals surface area contributed by atoms with Gasteiger partial charge in [0, 0.05) is 12.6 Å². The number of carboxylic acid groups (broad SMARTS) is 1. The van der Waals surface area contributed by atoms with Crippen LogP contribution in [0.15, 0.2) is 18.3 Å². The van der Waals surface area contributed by atoms with E-state index < -0.39 is 11.9 Å². The van der Waals surface area contributed by atoms with E-state index in [1.807, 2.05) is 6.92 Å². The average Bonchev–Trinajstić information content (AvgIpc) is 3.01. The standard InChI is InChI=1S/C18H24N4O3/c1-3-21(13-7-5-4-6-11(13)2)16-12(17(19)23)10-20-22-14(16)8-9-15(22)18(24)25/h8-11,13H,3-7H2,1-2H3,(H2,19,23)(H,24,25). The average molecular weight is 344 g/mol. The summed E-state index contributed by atoms with van der Waals surface area (Å²) in [6, 6.07) is 3.51. The summed E-state index contributed by atoms with van der Waals surface area (Å²) in [6.07, 6.45) is 5.95. The van der Waals surface area contributed by atoms with Crippen molar-refractivity contribution in [2.24, 2.45) is 11.7 Å². The van der Waals surface area contributed by atoms with Gasteiger partial charge in [-0.3, -0.25) is 4.79 Å². The lowest BCUT2D eigenvalue weighted by molar-refractivity contribution is 0.0688. The Hall–Kier alpha value is -2.57. The zero-order valence-corrected chi connectivity index (χ0v) is 14.6. The number of hydrogen-bond acceptors (Lipinski definition) is 4. The Balaban J connectivity index is 2.21. The molecule has 25 heavy (non-hydrogen) atoms. The molecule has 1 amide bonds. The topological polar surface area (TPSA) is 101 Å². The van der Waals surface area contributed by atoms with Crippen molar-refractivity contribution in [2.75, 3.05) is 11.4 Å². The molecule has 3 rings (SSSR count). The minimum atomic E-state index is -1.06. The third kappa shape index (κ3) is 2.94. The van der Waals surface area contributed by atoms with Crippen molar-refractivity contribution in [2.45, 2.75) is 45.6 Å². The van der Waals surface area contributed by atoms with Gasteiger partial charge in [-0.05, 0) is 37.8 Å². The maximum atomic E-state index is 12.0. The van der Waals surface area contributed by atoms with Crippen LogP contribution >= 0.6 is 0 Å². The number of nitrogens with zero attached hydrogens (tertiary/aromatic N) is 3. The van der Waals surface area contributed by atoms with Crippen LogP contribution in [0.25, 0.3) is 5.52 Å². The Morgan fingerprint density at radius 3 is 2.68 bits per heavy atom. The summed E-state index contributed by atoms with van der Waals surface area (Å²) in [5.74, 6) is -1.11. The summed E-state index contributed by atoms with van der Waals surface area (Å²) in [5.41, 5.74) is 7.30. The molecule has 0 spiro atoms. The lowest BCUT2D eigenvalue weighted by Gasteiger charge is -2.40. The Morgan fingerprint density at radius 2 is 2.08 bits per heavy atom. The molecule has 0 bridgehead atoms. The van der Waals surface area contributed by atoms with Crippen molar-refractivity contribution < 1.29 is 14.7 Å². The second-order valence-electron chi connectivity index (χ2n) is 6.71. The monoisotopic (exact) mass is 344 g/mol. The largest absolute Gasteiger partial charge is 0.477 e. The van der Waals surface area contributed by atoms with Gasteiger partial charge in [-0.15, -0.1) is 0 Å². The molecule has 2 heterocycles. The quantitative estimate of drug-likeness (QED) is 0.868. The molecule has 1 aliphatic carbocycles. The van der Waals surface area contributed by atoms with Crippen molar-refractivity contribution in [3.63, 3.8) is 0 Å². The third-order valence-electron chi connectivity index (χ3n) is 5.23. The van der Waals surface area contributed by atoms with Crippen LogP contribution in [0.3, 0.4) is 0 Å². The van der Waals surface area contributed by atoms with Gasteiger partial charge < -0.3 is 15.7 Å². The molecule has 7 heteroatoms. The first kappa shape index (κ1) is 17.3. The molecule has 2 aromatic heterocycles. The van der Waals surface area contributed by atoms with Crippen LogP contribution in [0.4, 0.5) is 5.69 Å². The predicted molar refractivity (Wildman–Crippen MR) is 95.1 cm³/mol. The third-order valence-corrected chi connectivity index (χ3v) is 5.23. The number of carboxylic acids is 1. The van der Waals surface area contributed by atoms with E-state index >= 15 is 0 Å². The summed E-state index contributed by atoms with van der Waals surface area (Å²) in [5, 5.41) is 13.5. The maximum absolute atomic E-state index is 12.0. The fourth-order valence-electron chi connectivity index (χ4n) is 4.01. The van der Waals surface area contributed by atoms with Gasteiger partial charge in [0.2, 0.25) is 0 Å². The summed E-state index contributed by atoms with van der Waals surface area (Å²) >= 11 is 0. The van der Waals surface area contributed by atoms with E-state index in [0.29, 0.717) is 35.3 Å². The van der Waals surface area contributed by atoms with Crippen molar-refractivity contribution in [3.8, 4) is 0 Å². The number of primary amides is 1. The summed E-state index contributed by atoms with van der Waals surface area (Å²) < 4.78 is 1.38. The van der Waals surface area contributed by atoms with Gasteiger partial charge in [-0.2, -0.15) is 5.10 Å². The number of fused-ring (bicyclic) bond motifs is 1. The molecule has 0 aromatic carbocycles.